The number of alkyl carbamates (subject to hydrolysis) is 1. The fourth-order valence-corrected chi connectivity index (χ4v) is 3.04. The van der Waals surface area contributed by atoms with Gasteiger partial charge in [-0.15, -0.1) is 0 Å². The third kappa shape index (κ3) is 5.92. The second-order valence-corrected chi connectivity index (χ2v) is 8.32. The Hall–Kier alpha value is -1.75. The summed E-state index contributed by atoms with van der Waals surface area (Å²) in [5.41, 5.74) is 0.472. The van der Waals surface area contributed by atoms with Gasteiger partial charge < -0.3 is 20.1 Å². The predicted octanol–water partition coefficient (Wildman–Crippen LogP) is 4.18. The topological polar surface area (TPSA) is 59.6 Å². The van der Waals surface area contributed by atoms with Crippen LogP contribution in [0.5, 0.6) is 5.75 Å². The standard InChI is InChI=1S/C20H32N2O3/c1-7-14(22-18(23)25-19(2,3)4)13-21-16-12-20(5,6)24-17-11-9-8-10-15(16)17/h8-11,14,16,21H,7,12-13H2,1-6H3,(H,22,23). The van der Waals surface area contributed by atoms with E-state index in [1.165, 1.54) is 5.56 Å². The number of fused-ring (bicyclic) bond motifs is 1. The van der Waals surface area contributed by atoms with Crippen LogP contribution in [0.4, 0.5) is 4.79 Å². The van der Waals surface area contributed by atoms with Crippen LogP contribution in [0.2, 0.25) is 0 Å². The second kappa shape index (κ2) is 7.65. The van der Waals surface area contributed by atoms with Gasteiger partial charge in [0.15, 0.2) is 0 Å². The monoisotopic (exact) mass is 348 g/mol. The van der Waals surface area contributed by atoms with Gasteiger partial charge in [0.25, 0.3) is 0 Å². The molecular formula is C20H32N2O3. The van der Waals surface area contributed by atoms with Crippen molar-refractivity contribution in [1.82, 2.24) is 10.6 Å². The molecule has 0 spiro atoms. The van der Waals surface area contributed by atoms with Crippen LogP contribution in [0.15, 0.2) is 24.3 Å². The molecule has 2 rings (SSSR count). The summed E-state index contributed by atoms with van der Waals surface area (Å²) in [5, 5.41) is 6.55. The molecule has 1 aliphatic rings. The van der Waals surface area contributed by atoms with Crippen molar-refractivity contribution in [3.63, 3.8) is 0 Å². The Morgan fingerprint density at radius 3 is 2.68 bits per heavy atom. The van der Waals surface area contributed by atoms with Crippen LogP contribution in [0.25, 0.3) is 0 Å². The molecule has 2 N–H and O–H groups in total. The molecule has 0 aromatic heterocycles. The van der Waals surface area contributed by atoms with E-state index >= 15 is 0 Å². The van der Waals surface area contributed by atoms with Crippen molar-refractivity contribution in [2.75, 3.05) is 6.54 Å². The molecular weight excluding hydrogens is 316 g/mol. The van der Waals surface area contributed by atoms with Crippen LogP contribution in [0.1, 0.15) is 66.0 Å². The van der Waals surface area contributed by atoms with E-state index in [0.29, 0.717) is 6.54 Å². The highest BCUT2D eigenvalue weighted by Gasteiger charge is 2.33. The van der Waals surface area contributed by atoms with Gasteiger partial charge in [-0.2, -0.15) is 0 Å². The molecule has 1 aromatic rings. The van der Waals surface area contributed by atoms with E-state index in [9.17, 15) is 4.79 Å². The molecule has 0 radical (unpaired) electrons. The first kappa shape index (κ1) is 19.6. The summed E-state index contributed by atoms with van der Waals surface area (Å²) in [7, 11) is 0. The average Bonchev–Trinajstić information content (AvgIpc) is 2.48. The molecule has 0 saturated carbocycles. The fourth-order valence-electron chi connectivity index (χ4n) is 3.04. The molecule has 0 bridgehead atoms. The van der Waals surface area contributed by atoms with Crippen LogP contribution in [-0.4, -0.2) is 29.9 Å². The molecule has 0 saturated heterocycles. The number of rotatable bonds is 5. The Bertz CT molecular complexity index is 593. The molecule has 1 heterocycles. The number of amides is 1. The van der Waals surface area contributed by atoms with Gasteiger partial charge in [-0.25, -0.2) is 4.79 Å². The number of benzene rings is 1. The number of nitrogens with one attached hydrogen (secondary N) is 2. The highest BCUT2D eigenvalue weighted by molar-refractivity contribution is 5.68. The van der Waals surface area contributed by atoms with Crippen molar-refractivity contribution in [3.05, 3.63) is 29.8 Å². The second-order valence-electron chi connectivity index (χ2n) is 8.32. The minimum Gasteiger partial charge on any atom is -0.487 e. The molecule has 2 atom stereocenters. The van der Waals surface area contributed by atoms with Crippen LogP contribution < -0.4 is 15.4 Å². The van der Waals surface area contributed by atoms with E-state index in [0.717, 1.165) is 18.6 Å². The van der Waals surface area contributed by atoms with Gasteiger partial charge in [-0.1, -0.05) is 25.1 Å². The molecule has 1 aromatic carbocycles. The molecule has 25 heavy (non-hydrogen) atoms. The highest BCUT2D eigenvalue weighted by atomic mass is 16.6. The van der Waals surface area contributed by atoms with Gasteiger partial charge >= 0.3 is 6.09 Å². The van der Waals surface area contributed by atoms with Gasteiger partial charge in [0.1, 0.15) is 17.0 Å². The minimum absolute atomic E-state index is 0.0213. The number of carbonyl (C=O) groups is 1. The van der Waals surface area contributed by atoms with Crippen LogP contribution in [0.3, 0.4) is 0 Å². The number of ether oxygens (including phenoxy) is 2. The molecule has 1 amide bonds. The van der Waals surface area contributed by atoms with Crippen molar-refractivity contribution in [1.29, 1.82) is 0 Å². The van der Waals surface area contributed by atoms with Gasteiger partial charge in [0.05, 0.1) is 0 Å². The van der Waals surface area contributed by atoms with Gasteiger partial charge in [-0.05, 0) is 47.1 Å². The third-order valence-electron chi connectivity index (χ3n) is 4.20. The van der Waals surface area contributed by atoms with Gasteiger partial charge in [0, 0.05) is 30.6 Å². The molecule has 0 aliphatic carbocycles. The van der Waals surface area contributed by atoms with Gasteiger partial charge in [-0.3, -0.25) is 0 Å². The van der Waals surface area contributed by atoms with Crippen molar-refractivity contribution < 1.29 is 14.3 Å². The third-order valence-corrected chi connectivity index (χ3v) is 4.20. The lowest BCUT2D eigenvalue weighted by Crippen LogP contribution is -2.46. The van der Waals surface area contributed by atoms with Crippen molar-refractivity contribution in [3.8, 4) is 5.75 Å². The predicted molar refractivity (Wildman–Crippen MR) is 100.0 cm³/mol. The first-order valence-corrected chi connectivity index (χ1v) is 9.10. The normalized spacial score (nSPS) is 20.2. The lowest BCUT2D eigenvalue weighted by atomic mass is 9.89. The molecule has 5 nitrogen and oxygen atoms in total. The highest BCUT2D eigenvalue weighted by Crippen LogP contribution is 2.39. The summed E-state index contributed by atoms with van der Waals surface area (Å²) >= 11 is 0. The van der Waals surface area contributed by atoms with Crippen molar-refractivity contribution in [2.45, 2.75) is 77.7 Å². The van der Waals surface area contributed by atoms with E-state index in [1.54, 1.807) is 0 Å². The number of hydrogen-bond donors (Lipinski definition) is 2. The molecule has 5 heteroatoms. The zero-order valence-electron chi connectivity index (χ0n) is 16.3. The summed E-state index contributed by atoms with van der Waals surface area (Å²) in [6.45, 7) is 12.6. The lowest BCUT2D eigenvalue weighted by molar-refractivity contribution is 0.0490. The Balaban J connectivity index is 1.98. The molecule has 0 fully saturated rings. The summed E-state index contributed by atoms with van der Waals surface area (Å²) in [5.74, 6) is 0.935. The van der Waals surface area contributed by atoms with Crippen molar-refractivity contribution >= 4 is 6.09 Å². The molecule has 1 aliphatic heterocycles. The molecule has 2 unspecified atom stereocenters. The number of para-hydroxylation sites is 1. The maximum absolute atomic E-state index is 12.0. The Morgan fingerprint density at radius 1 is 1.36 bits per heavy atom. The summed E-state index contributed by atoms with van der Waals surface area (Å²) in [6, 6.07) is 8.37. The number of carbonyl (C=O) groups excluding carboxylic acids is 1. The van der Waals surface area contributed by atoms with Crippen LogP contribution in [0, 0.1) is 0 Å². The fraction of sp³-hybridized carbons (Fsp3) is 0.650. The van der Waals surface area contributed by atoms with E-state index in [2.05, 4.69) is 37.5 Å². The van der Waals surface area contributed by atoms with E-state index in [1.807, 2.05) is 39.0 Å². The zero-order valence-corrected chi connectivity index (χ0v) is 16.3. The average molecular weight is 348 g/mol. The van der Waals surface area contributed by atoms with E-state index in [4.69, 9.17) is 9.47 Å². The maximum atomic E-state index is 12.0. The quantitative estimate of drug-likeness (QED) is 0.838. The van der Waals surface area contributed by atoms with Gasteiger partial charge in [0.2, 0.25) is 0 Å². The Morgan fingerprint density at radius 2 is 2.04 bits per heavy atom. The maximum Gasteiger partial charge on any atom is 0.407 e. The van der Waals surface area contributed by atoms with E-state index in [-0.39, 0.29) is 23.8 Å². The number of hydrogen-bond acceptors (Lipinski definition) is 4. The van der Waals surface area contributed by atoms with Crippen molar-refractivity contribution in [2.24, 2.45) is 0 Å². The van der Waals surface area contributed by atoms with E-state index < -0.39 is 5.60 Å². The first-order valence-electron chi connectivity index (χ1n) is 9.10. The largest absolute Gasteiger partial charge is 0.487 e. The summed E-state index contributed by atoms with van der Waals surface area (Å²) < 4.78 is 11.4. The smallest absolute Gasteiger partial charge is 0.407 e. The first-order chi connectivity index (χ1) is 11.6. The molecule has 140 valence electrons. The summed E-state index contributed by atoms with van der Waals surface area (Å²) in [4.78, 5) is 12.0. The summed E-state index contributed by atoms with van der Waals surface area (Å²) in [6.07, 6.45) is 1.35. The Labute approximate surface area is 151 Å². The Kier molecular flexibility index (Phi) is 5.99. The van der Waals surface area contributed by atoms with Crippen LogP contribution >= 0.6 is 0 Å². The lowest BCUT2D eigenvalue weighted by Gasteiger charge is -2.38. The SMILES string of the molecule is CCC(CNC1CC(C)(C)Oc2ccccc21)NC(=O)OC(C)(C)C. The van der Waals surface area contributed by atoms with Crippen LogP contribution in [-0.2, 0) is 4.74 Å². The zero-order chi connectivity index (χ0) is 18.7. The minimum atomic E-state index is -0.487.